The van der Waals surface area contributed by atoms with Crippen LogP contribution in [0.5, 0.6) is 0 Å². The van der Waals surface area contributed by atoms with Crippen molar-refractivity contribution in [1.29, 1.82) is 0 Å². The fourth-order valence-corrected chi connectivity index (χ4v) is 1.26. The molecule has 0 aliphatic carbocycles. The zero-order chi connectivity index (χ0) is 7.84. The Morgan fingerprint density at radius 2 is 2.18 bits per heavy atom. The summed E-state index contributed by atoms with van der Waals surface area (Å²) in [6.07, 6.45) is 0. The van der Waals surface area contributed by atoms with Gasteiger partial charge in [0.2, 0.25) is 11.0 Å². The van der Waals surface area contributed by atoms with Gasteiger partial charge in [0.05, 0.1) is 5.82 Å². The number of benzene rings is 1. The molecule has 1 heterocycles. The largest absolute Gasteiger partial charge is 0.281 e. The summed E-state index contributed by atoms with van der Waals surface area (Å²) in [4.78, 5) is 3.18. The number of aromatic nitrogens is 2. The summed E-state index contributed by atoms with van der Waals surface area (Å²) in [7, 11) is 2.00. The highest BCUT2D eigenvalue weighted by atomic mass is 15.0. The SMILES string of the molecule is [CH2-][c+]1[nH]c2ccccc2n1C. The van der Waals surface area contributed by atoms with E-state index in [0.29, 0.717) is 0 Å². The van der Waals surface area contributed by atoms with Crippen LogP contribution >= 0.6 is 0 Å². The second-order valence-electron chi connectivity index (χ2n) is 2.65. The highest BCUT2D eigenvalue weighted by molar-refractivity contribution is 5.75. The minimum absolute atomic E-state index is 0.936. The molecule has 56 valence electrons. The summed E-state index contributed by atoms with van der Waals surface area (Å²) < 4.78 is 2.04. The Morgan fingerprint density at radius 1 is 1.45 bits per heavy atom. The molecule has 0 amide bonds. The molecule has 0 spiro atoms. The topological polar surface area (TPSA) is 20.7 Å². The van der Waals surface area contributed by atoms with Crippen LogP contribution < -0.4 is 0 Å². The zero-order valence-electron chi connectivity index (χ0n) is 6.46. The van der Waals surface area contributed by atoms with Crippen molar-refractivity contribution in [3.05, 3.63) is 37.0 Å². The second-order valence-corrected chi connectivity index (χ2v) is 2.65. The maximum Gasteiger partial charge on any atom is 0.208 e. The number of nitrogens with zero attached hydrogens (tertiary/aromatic N) is 1. The fraction of sp³-hybridized carbons (Fsp3) is 0.111. The van der Waals surface area contributed by atoms with E-state index in [4.69, 9.17) is 0 Å². The van der Waals surface area contributed by atoms with E-state index in [9.17, 15) is 0 Å². The molecule has 1 aromatic carbocycles. The van der Waals surface area contributed by atoms with Gasteiger partial charge >= 0.3 is 0 Å². The van der Waals surface area contributed by atoms with Gasteiger partial charge in [-0.1, -0.05) is 0 Å². The van der Waals surface area contributed by atoms with Gasteiger partial charge < -0.3 is 0 Å². The van der Waals surface area contributed by atoms with Gasteiger partial charge in [-0.25, -0.2) is 4.57 Å². The van der Waals surface area contributed by atoms with Crippen molar-refractivity contribution in [2.45, 2.75) is 0 Å². The quantitative estimate of drug-likeness (QED) is 0.548. The maximum absolute atomic E-state index is 3.86. The third-order valence-electron chi connectivity index (χ3n) is 1.95. The van der Waals surface area contributed by atoms with Gasteiger partial charge in [-0.2, -0.15) is 0 Å². The Hall–Kier alpha value is -1.44. The second kappa shape index (κ2) is 2.02. The van der Waals surface area contributed by atoms with Gasteiger partial charge in [-0.05, 0) is 12.1 Å². The van der Waals surface area contributed by atoms with Crippen LogP contribution in [0.1, 0.15) is 5.82 Å². The molecule has 0 bridgehead atoms. The molecule has 2 nitrogen and oxygen atoms in total. The number of hydrogen-bond acceptors (Lipinski definition) is 0. The first-order valence-electron chi connectivity index (χ1n) is 3.58. The molecule has 0 aliphatic rings. The Morgan fingerprint density at radius 3 is 2.91 bits per heavy atom. The Kier molecular flexibility index (Phi) is 1.15. The van der Waals surface area contributed by atoms with E-state index >= 15 is 0 Å². The third kappa shape index (κ3) is 0.792. The summed E-state index contributed by atoms with van der Waals surface area (Å²) in [6.45, 7) is 3.86. The van der Waals surface area contributed by atoms with Gasteiger partial charge in [-0.3, -0.25) is 11.9 Å². The van der Waals surface area contributed by atoms with E-state index in [2.05, 4.69) is 18.0 Å². The first-order chi connectivity index (χ1) is 5.29. The summed E-state index contributed by atoms with van der Waals surface area (Å²) in [5.41, 5.74) is 2.33. The van der Waals surface area contributed by atoms with Crippen LogP contribution in [0, 0.1) is 6.92 Å². The Balaban J connectivity index is 2.92. The molecule has 0 fully saturated rings. The van der Waals surface area contributed by atoms with Crippen LogP contribution in [0.15, 0.2) is 24.3 Å². The first-order valence-corrected chi connectivity index (χ1v) is 3.58. The predicted octanol–water partition coefficient (Wildman–Crippen LogP) is 1.97. The molecule has 0 aliphatic heterocycles. The minimum Gasteiger partial charge on any atom is -0.281 e. The molecular weight excluding hydrogens is 136 g/mol. The lowest BCUT2D eigenvalue weighted by Crippen LogP contribution is -1.89. The van der Waals surface area contributed by atoms with Crippen LogP contribution in [0.2, 0.25) is 0 Å². The smallest absolute Gasteiger partial charge is 0.208 e. The standard InChI is InChI=1S/C9H10N2/c1-7-10-8-5-3-4-6-9(8)11(7)2/h3-6,10H,1H2,2H3. The lowest BCUT2D eigenvalue weighted by molar-refractivity contribution is 0.916. The van der Waals surface area contributed by atoms with E-state index < -0.39 is 0 Å². The van der Waals surface area contributed by atoms with Gasteiger partial charge in [0, 0.05) is 19.2 Å². The number of fused-ring (bicyclic) bond motifs is 1. The molecular formula is C9H10N2. The van der Waals surface area contributed by atoms with Crippen molar-refractivity contribution in [3.8, 4) is 0 Å². The molecule has 0 unspecified atom stereocenters. The van der Waals surface area contributed by atoms with E-state index in [1.165, 1.54) is 5.52 Å². The number of hydrogen-bond donors (Lipinski definition) is 1. The predicted molar refractivity (Wildman–Crippen MR) is 46.1 cm³/mol. The molecule has 0 atom stereocenters. The van der Waals surface area contributed by atoms with Crippen molar-refractivity contribution in [1.82, 2.24) is 9.55 Å². The number of aromatic amines is 1. The van der Waals surface area contributed by atoms with E-state index in [0.717, 1.165) is 11.3 Å². The van der Waals surface area contributed by atoms with E-state index in [1.807, 2.05) is 29.8 Å². The molecule has 2 heteroatoms. The number of rotatable bonds is 0. The summed E-state index contributed by atoms with van der Waals surface area (Å²) in [6, 6.07) is 8.15. The van der Waals surface area contributed by atoms with Crippen molar-refractivity contribution in [2.75, 3.05) is 0 Å². The van der Waals surface area contributed by atoms with Crippen LogP contribution in [-0.4, -0.2) is 9.55 Å². The highest BCUT2D eigenvalue weighted by Gasteiger charge is 2.05. The number of para-hydroxylation sites is 2. The first kappa shape index (κ1) is 6.28. The monoisotopic (exact) mass is 146 g/mol. The number of aryl methyl sites for hydroxylation is 1. The normalized spacial score (nSPS) is 10.6. The molecule has 2 aromatic rings. The molecule has 0 saturated carbocycles. The average molecular weight is 146 g/mol. The molecule has 2 rings (SSSR count). The zero-order valence-corrected chi connectivity index (χ0v) is 6.46. The van der Waals surface area contributed by atoms with Crippen LogP contribution in [0.4, 0.5) is 0 Å². The lowest BCUT2D eigenvalue weighted by Gasteiger charge is -1.90. The summed E-state index contributed by atoms with van der Waals surface area (Å²) in [5.74, 6) is 0.936. The fourth-order valence-electron chi connectivity index (χ4n) is 1.26. The van der Waals surface area contributed by atoms with Crippen molar-refractivity contribution in [3.63, 3.8) is 0 Å². The van der Waals surface area contributed by atoms with Crippen LogP contribution in [0.25, 0.3) is 11.0 Å². The molecule has 0 saturated heterocycles. The van der Waals surface area contributed by atoms with Crippen LogP contribution in [-0.2, 0) is 7.05 Å². The van der Waals surface area contributed by atoms with Crippen LogP contribution in [0.3, 0.4) is 0 Å². The van der Waals surface area contributed by atoms with E-state index in [-0.39, 0.29) is 0 Å². The molecule has 1 aromatic heterocycles. The third-order valence-corrected chi connectivity index (χ3v) is 1.95. The highest BCUT2D eigenvalue weighted by Crippen LogP contribution is 2.12. The lowest BCUT2D eigenvalue weighted by atomic mass is 10.3. The number of imidazole rings is 1. The number of nitrogens with one attached hydrogen (secondary N) is 1. The minimum atomic E-state index is 0.936. The Labute approximate surface area is 65.5 Å². The summed E-state index contributed by atoms with van der Waals surface area (Å²) in [5, 5.41) is 0. The van der Waals surface area contributed by atoms with Gasteiger partial charge in [-0.15, -0.1) is 0 Å². The summed E-state index contributed by atoms with van der Waals surface area (Å²) >= 11 is 0. The van der Waals surface area contributed by atoms with Crippen molar-refractivity contribution in [2.24, 2.45) is 7.05 Å². The molecule has 11 heavy (non-hydrogen) atoms. The maximum atomic E-state index is 3.86. The molecule has 1 N–H and O–H groups in total. The van der Waals surface area contributed by atoms with Crippen molar-refractivity contribution >= 4 is 11.0 Å². The molecule has 0 radical (unpaired) electrons. The number of H-pyrrole nitrogens is 1. The van der Waals surface area contributed by atoms with Crippen molar-refractivity contribution < 1.29 is 0 Å². The van der Waals surface area contributed by atoms with Gasteiger partial charge in [0.1, 0.15) is 0 Å². The average Bonchev–Trinajstić information content (AvgIpc) is 2.30. The van der Waals surface area contributed by atoms with Gasteiger partial charge in [0.15, 0.2) is 0 Å². The van der Waals surface area contributed by atoms with E-state index in [1.54, 1.807) is 0 Å². The van der Waals surface area contributed by atoms with Gasteiger partial charge in [0.25, 0.3) is 0 Å². The Bertz CT molecular complexity index is 387.